The number of hydrogen-bond donors (Lipinski definition) is 1. The molecule has 2 nitrogen and oxygen atoms in total. The highest BCUT2D eigenvalue weighted by molar-refractivity contribution is 5.30. The molecule has 2 rings (SSSR count). The van der Waals surface area contributed by atoms with E-state index < -0.39 is 0 Å². The fourth-order valence-electron chi connectivity index (χ4n) is 1.92. The van der Waals surface area contributed by atoms with Crippen LogP contribution in [0.5, 0.6) is 5.75 Å². The molecule has 0 saturated heterocycles. The molecule has 0 aromatic heterocycles. The van der Waals surface area contributed by atoms with Crippen molar-refractivity contribution in [1.82, 2.24) is 0 Å². The smallest absolute Gasteiger partial charge is 0.134 e. The van der Waals surface area contributed by atoms with Crippen molar-refractivity contribution >= 4 is 0 Å². The summed E-state index contributed by atoms with van der Waals surface area (Å²) >= 11 is 0. The van der Waals surface area contributed by atoms with Crippen LogP contribution in [0.4, 0.5) is 4.39 Å². The summed E-state index contributed by atoms with van der Waals surface area (Å²) in [4.78, 5) is 0. The topological polar surface area (TPSA) is 35.2 Å². The van der Waals surface area contributed by atoms with Gasteiger partial charge in [0.1, 0.15) is 18.2 Å². The number of hydrogen-bond acceptors (Lipinski definition) is 2. The van der Waals surface area contributed by atoms with E-state index in [1.54, 1.807) is 18.2 Å². The lowest BCUT2D eigenvalue weighted by molar-refractivity contribution is 0.299. The van der Waals surface area contributed by atoms with Gasteiger partial charge in [-0.05, 0) is 24.1 Å². The molecule has 0 heterocycles. The summed E-state index contributed by atoms with van der Waals surface area (Å²) in [7, 11) is 0. The zero-order chi connectivity index (χ0) is 13.7. The third kappa shape index (κ3) is 3.32. The molecule has 19 heavy (non-hydrogen) atoms. The molecule has 0 spiro atoms. The van der Waals surface area contributed by atoms with E-state index in [1.165, 1.54) is 5.56 Å². The van der Waals surface area contributed by atoms with Crippen molar-refractivity contribution in [3.8, 4) is 5.75 Å². The minimum Gasteiger partial charge on any atom is -0.489 e. The van der Waals surface area contributed by atoms with Crippen molar-refractivity contribution in [2.45, 2.75) is 26.5 Å². The minimum absolute atomic E-state index is 0.199. The van der Waals surface area contributed by atoms with Crippen LogP contribution < -0.4 is 10.5 Å². The molecule has 0 bridgehead atoms. The molecule has 0 aliphatic carbocycles. The summed E-state index contributed by atoms with van der Waals surface area (Å²) in [5, 5.41) is 0. The highest BCUT2D eigenvalue weighted by Crippen LogP contribution is 2.18. The van der Waals surface area contributed by atoms with Gasteiger partial charge in [0.05, 0.1) is 0 Å². The SMILES string of the molecule is CCc1cccc(OCc2cccc(CN)c2F)c1. The van der Waals surface area contributed by atoms with E-state index in [2.05, 4.69) is 6.92 Å². The van der Waals surface area contributed by atoms with Gasteiger partial charge in [-0.2, -0.15) is 0 Å². The summed E-state index contributed by atoms with van der Waals surface area (Å²) in [6, 6.07) is 13.1. The Bertz CT molecular complexity index is 554. The monoisotopic (exact) mass is 259 g/mol. The van der Waals surface area contributed by atoms with Crippen molar-refractivity contribution in [2.75, 3.05) is 0 Å². The van der Waals surface area contributed by atoms with E-state index in [0.29, 0.717) is 11.1 Å². The normalized spacial score (nSPS) is 10.5. The number of halogens is 1. The Hall–Kier alpha value is -1.87. The first kappa shape index (κ1) is 13.6. The molecular formula is C16H18FNO. The van der Waals surface area contributed by atoms with Gasteiger partial charge >= 0.3 is 0 Å². The van der Waals surface area contributed by atoms with Gasteiger partial charge in [-0.1, -0.05) is 37.3 Å². The Balaban J connectivity index is 2.10. The molecule has 2 aromatic carbocycles. The third-order valence-corrected chi connectivity index (χ3v) is 3.08. The number of benzene rings is 2. The molecule has 100 valence electrons. The van der Waals surface area contributed by atoms with Crippen molar-refractivity contribution in [2.24, 2.45) is 5.73 Å². The zero-order valence-electron chi connectivity index (χ0n) is 11.0. The van der Waals surface area contributed by atoms with Gasteiger partial charge in [0.2, 0.25) is 0 Å². The lowest BCUT2D eigenvalue weighted by atomic mass is 10.1. The standard InChI is InChI=1S/C16H18FNO/c1-2-12-5-3-8-15(9-12)19-11-14-7-4-6-13(10-18)16(14)17/h3-9H,2,10-11,18H2,1H3. The van der Waals surface area contributed by atoms with E-state index in [1.807, 2.05) is 24.3 Å². The summed E-state index contributed by atoms with van der Waals surface area (Å²) in [5.74, 6) is 0.494. The number of rotatable bonds is 5. The second kappa shape index (κ2) is 6.34. The van der Waals surface area contributed by atoms with Crippen molar-refractivity contribution in [3.63, 3.8) is 0 Å². The van der Waals surface area contributed by atoms with Gasteiger partial charge < -0.3 is 10.5 Å². The Morgan fingerprint density at radius 2 is 1.84 bits per heavy atom. The maximum absolute atomic E-state index is 14.0. The molecule has 0 radical (unpaired) electrons. The van der Waals surface area contributed by atoms with Gasteiger partial charge in [-0.15, -0.1) is 0 Å². The maximum Gasteiger partial charge on any atom is 0.134 e. The van der Waals surface area contributed by atoms with Crippen LogP contribution in [0.25, 0.3) is 0 Å². The Morgan fingerprint density at radius 3 is 2.58 bits per heavy atom. The molecule has 3 heteroatoms. The second-order valence-corrected chi connectivity index (χ2v) is 4.38. The van der Waals surface area contributed by atoms with Crippen LogP contribution in [0.3, 0.4) is 0 Å². The Labute approximate surface area is 113 Å². The van der Waals surface area contributed by atoms with Gasteiger partial charge in [0.25, 0.3) is 0 Å². The summed E-state index contributed by atoms with van der Waals surface area (Å²) in [6.45, 7) is 2.50. The Morgan fingerprint density at radius 1 is 1.11 bits per heavy atom. The third-order valence-electron chi connectivity index (χ3n) is 3.08. The van der Waals surface area contributed by atoms with E-state index in [4.69, 9.17) is 10.5 Å². The van der Waals surface area contributed by atoms with Crippen LogP contribution in [-0.2, 0) is 19.6 Å². The average Bonchev–Trinajstić information content (AvgIpc) is 2.46. The predicted octanol–water partition coefficient (Wildman–Crippen LogP) is 3.43. The zero-order valence-corrected chi connectivity index (χ0v) is 11.0. The highest BCUT2D eigenvalue weighted by Gasteiger charge is 2.07. The van der Waals surface area contributed by atoms with Gasteiger partial charge in [0.15, 0.2) is 0 Å². The largest absolute Gasteiger partial charge is 0.489 e. The average molecular weight is 259 g/mol. The highest BCUT2D eigenvalue weighted by atomic mass is 19.1. The van der Waals surface area contributed by atoms with Crippen LogP contribution in [-0.4, -0.2) is 0 Å². The summed E-state index contributed by atoms with van der Waals surface area (Å²) in [5.41, 5.74) is 7.74. The number of aryl methyl sites for hydroxylation is 1. The first-order valence-electron chi connectivity index (χ1n) is 6.42. The fourth-order valence-corrected chi connectivity index (χ4v) is 1.92. The molecular weight excluding hydrogens is 241 g/mol. The fraction of sp³-hybridized carbons (Fsp3) is 0.250. The molecule has 0 aliphatic rings. The van der Waals surface area contributed by atoms with Crippen molar-refractivity contribution in [3.05, 3.63) is 65.0 Å². The molecule has 0 saturated carbocycles. The lowest BCUT2D eigenvalue weighted by Crippen LogP contribution is -2.05. The maximum atomic E-state index is 14.0. The number of nitrogens with two attached hydrogens (primary N) is 1. The van der Waals surface area contributed by atoms with Crippen LogP contribution in [0, 0.1) is 5.82 Å². The van der Waals surface area contributed by atoms with E-state index in [-0.39, 0.29) is 19.0 Å². The van der Waals surface area contributed by atoms with E-state index in [9.17, 15) is 4.39 Å². The molecule has 0 fully saturated rings. The van der Waals surface area contributed by atoms with Crippen LogP contribution in [0.1, 0.15) is 23.6 Å². The molecule has 0 atom stereocenters. The second-order valence-electron chi connectivity index (χ2n) is 4.38. The lowest BCUT2D eigenvalue weighted by Gasteiger charge is -2.10. The molecule has 0 unspecified atom stereocenters. The van der Waals surface area contributed by atoms with E-state index in [0.717, 1.165) is 12.2 Å². The van der Waals surface area contributed by atoms with Crippen LogP contribution >= 0.6 is 0 Å². The van der Waals surface area contributed by atoms with Crippen LogP contribution in [0.15, 0.2) is 42.5 Å². The quantitative estimate of drug-likeness (QED) is 0.893. The van der Waals surface area contributed by atoms with Gasteiger partial charge in [0, 0.05) is 17.7 Å². The number of ether oxygens (including phenoxy) is 1. The Kier molecular flexibility index (Phi) is 4.53. The molecule has 2 aromatic rings. The first-order chi connectivity index (χ1) is 9.24. The van der Waals surface area contributed by atoms with Gasteiger partial charge in [-0.25, -0.2) is 4.39 Å². The predicted molar refractivity (Wildman–Crippen MR) is 74.4 cm³/mol. The molecule has 0 amide bonds. The summed E-state index contributed by atoms with van der Waals surface area (Å²) < 4.78 is 19.6. The first-order valence-corrected chi connectivity index (χ1v) is 6.42. The summed E-state index contributed by atoms with van der Waals surface area (Å²) in [6.07, 6.45) is 0.953. The van der Waals surface area contributed by atoms with Crippen LogP contribution in [0.2, 0.25) is 0 Å². The van der Waals surface area contributed by atoms with Crippen molar-refractivity contribution < 1.29 is 9.13 Å². The van der Waals surface area contributed by atoms with Gasteiger partial charge in [-0.3, -0.25) is 0 Å². The molecule has 0 aliphatic heterocycles. The van der Waals surface area contributed by atoms with E-state index >= 15 is 0 Å². The minimum atomic E-state index is -0.267. The van der Waals surface area contributed by atoms with Crippen molar-refractivity contribution in [1.29, 1.82) is 0 Å². The molecule has 2 N–H and O–H groups in total.